The zero-order valence-electron chi connectivity index (χ0n) is 15.5. The summed E-state index contributed by atoms with van der Waals surface area (Å²) in [6, 6.07) is 13.0. The van der Waals surface area contributed by atoms with Crippen molar-refractivity contribution in [1.82, 2.24) is 20.2 Å². The number of hydrogen-bond donors (Lipinski definition) is 1. The lowest BCUT2D eigenvalue weighted by atomic mass is 10.2. The van der Waals surface area contributed by atoms with E-state index in [1.54, 1.807) is 19.2 Å². The minimum Gasteiger partial charge on any atom is -0.493 e. The first kappa shape index (κ1) is 18.4. The van der Waals surface area contributed by atoms with Crippen LogP contribution in [0.25, 0.3) is 11.4 Å². The van der Waals surface area contributed by atoms with Crippen LogP contribution in [0.15, 0.2) is 42.5 Å². The van der Waals surface area contributed by atoms with Gasteiger partial charge in [-0.05, 0) is 48.9 Å². The Kier molecular flexibility index (Phi) is 5.65. The Labute approximate surface area is 157 Å². The van der Waals surface area contributed by atoms with Crippen LogP contribution >= 0.6 is 0 Å². The number of tetrazole rings is 1. The molecule has 0 aliphatic rings. The highest BCUT2D eigenvalue weighted by molar-refractivity contribution is 5.91. The average molecular weight is 367 g/mol. The summed E-state index contributed by atoms with van der Waals surface area (Å²) in [5, 5.41) is 15.1. The highest BCUT2D eigenvalue weighted by Crippen LogP contribution is 2.31. The van der Waals surface area contributed by atoms with Gasteiger partial charge in [-0.25, -0.2) is 0 Å². The lowest BCUT2D eigenvalue weighted by Crippen LogP contribution is -2.20. The number of aromatic nitrogens is 4. The molecule has 0 spiro atoms. The van der Waals surface area contributed by atoms with Gasteiger partial charge in [0.25, 0.3) is 0 Å². The number of para-hydroxylation sites is 1. The van der Waals surface area contributed by atoms with Gasteiger partial charge < -0.3 is 14.8 Å². The highest BCUT2D eigenvalue weighted by Gasteiger charge is 2.13. The molecule has 0 aliphatic carbocycles. The molecule has 2 aromatic carbocycles. The molecular formula is C19H21N5O3. The summed E-state index contributed by atoms with van der Waals surface area (Å²) in [6.45, 7) is 4.31. The Bertz CT molecular complexity index is 939. The summed E-state index contributed by atoms with van der Waals surface area (Å²) in [4.78, 5) is 13.5. The van der Waals surface area contributed by atoms with Gasteiger partial charge in [0.15, 0.2) is 11.5 Å². The van der Waals surface area contributed by atoms with Crippen LogP contribution < -0.4 is 14.8 Å². The number of ether oxygens (including phenoxy) is 2. The van der Waals surface area contributed by atoms with Crippen LogP contribution in [0.1, 0.15) is 12.5 Å². The number of carbonyl (C=O) groups excluding carboxylic acids is 1. The van der Waals surface area contributed by atoms with Crippen molar-refractivity contribution >= 4 is 11.6 Å². The maximum Gasteiger partial charge on any atom is 0.248 e. The Morgan fingerprint density at radius 1 is 1.19 bits per heavy atom. The van der Waals surface area contributed by atoms with Crippen molar-refractivity contribution in [1.29, 1.82) is 0 Å². The first-order valence-electron chi connectivity index (χ1n) is 8.55. The monoisotopic (exact) mass is 367 g/mol. The summed E-state index contributed by atoms with van der Waals surface area (Å²) in [6.07, 6.45) is 0. The number of rotatable bonds is 7. The van der Waals surface area contributed by atoms with Crippen molar-refractivity contribution in [3.05, 3.63) is 48.0 Å². The molecule has 0 bridgehead atoms. The average Bonchev–Trinajstić information content (AvgIpc) is 3.12. The zero-order valence-corrected chi connectivity index (χ0v) is 15.5. The second-order valence-electron chi connectivity index (χ2n) is 5.81. The quantitative estimate of drug-likeness (QED) is 0.690. The Hall–Kier alpha value is -3.42. The van der Waals surface area contributed by atoms with Crippen LogP contribution in [-0.2, 0) is 11.3 Å². The lowest BCUT2D eigenvalue weighted by molar-refractivity contribution is -0.117. The van der Waals surface area contributed by atoms with Gasteiger partial charge >= 0.3 is 0 Å². The van der Waals surface area contributed by atoms with E-state index in [0.717, 1.165) is 16.8 Å². The molecule has 140 valence electrons. The van der Waals surface area contributed by atoms with Crippen molar-refractivity contribution in [3.63, 3.8) is 0 Å². The molecule has 8 nitrogen and oxygen atoms in total. The molecule has 0 atom stereocenters. The van der Waals surface area contributed by atoms with E-state index in [1.165, 1.54) is 4.80 Å². The minimum absolute atomic E-state index is 0.0319. The molecule has 0 aliphatic heterocycles. The minimum atomic E-state index is -0.224. The van der Waals surface area contributed by atoms with E-state index in [4.69, 9.17) is 9.47 Å². The van der Waals surface area contributed by atoms with Crippen molar-refractivity contribution < 1.29 is 14.3 Å². The number of benzene rings is 2. The third kappa shape index (κ3) is 4.41. The number of aryl methyl sites for hydroxylation is 1. The first-order chi connectivity index (χ1) is 13.1. The molecule has 8 heteroatoms. The van der Waals surface area contributed by atoms with Gasteiger partial charge in [0.05, 0.1) is 13.7 Å². The standard InChI is InChI=1S/C19H21N5O3/c1-4-27-17-11-14(9-10-16(17)26-3)19-21-23-24(22-19)12-18(25)20-15-8-6-5-7-13(15)2/h5-11H,4,12H2,1-3H3,(H,20,25). The van der Waals surface area contributed by atoms with E-state index >= 15 is 0 Å². The van der Waals surface area contributed by atoms with Crippen molar-refractivity contribution in [2.24, 2.45) is 0 Å². The van der Waals surface area contributed by atoms with E-state index in [2.05, 4.69) is 20.7 Å². The molecule has 0 radical (unpaired) electrons. The van der Waals surface area contributed by atoms with Crippen LogP contribution in [0.2, 0.25) is 0 Å². The van der Waals surface area contributed by atoms with Gasteiger partial charge in [-0.3, -0.25) is 4.79 Å². The predicted octanol–water partition coefficient (Wildman–Crippen LogP) is 2.69. The van der Waals surface area contributed by atoms with E-state index in [-0.39, 0.29) is 12.5 Å². The second-order valence-corrected chi connectivity index (χ2v) is 5.81. The van der Waals surface area contributed by atoms with Gasteiger partial charge in [0.2, 0.25) is 11.7 Å². The first-order valence-corrected chi connectivity index (χ1v) is 8.55. The fraction of sp³-hybridized carbons (Fsp3) is 0.263. The van der Waals surface area contributed by atoms with Crippen molar-refractivity contribution in [3.8, 4) is 22.9 Å². The normalized spacial score (nSPS) is 10.5. The molecule has 1 heterocycles. The molecule has 0 fully saturated rings. The molecule has 27 heavy (non-hydrogen) atoms. The lowest BCUT2D eigenvalue weighted by Gasteiger charge is -2.09. The molecular weight excluding hydrogens is 346 g/mol. The molecule has 1 amide bonds. The number of nitrogens with zero attached hydrogens (tertiary/aromatic N) is 4. The van der Waals surface area contributed by atoms with E-state index in [9.17, 15) is 4.79 Å². The largest absolute Gasteiger partial charge is 0.493 e. The molecule has 0 saturated carbocycles. The molecule has 3 aromatic rings. The van der Waals surface area contributed by atoms with Gasteiger partial charge in [0, 0.05) is 11.3 Å². The van der Waals surface area contributed by atoms with E-state index < -0.39 is 0 Å². The fourth-order valence-corrected chi connectivity index (χ4v) is 2.54. The van der Waals surface area contributed by atoms with Crippen molar-refractivity contribution in [2.45, 2.75) is 20.4 Å². The maximum atomic E-state index is 12.2. The topological polar surface area (TPSA) is 91.2 Å². The second kappa shape index (κ2) is 8.31. The number of amides is 1. The van der Waals surface area contributed by atoms with Crippen molar-refractivity contribution in [2.75, 3.05) is 19.0 Å². The SMILES string of the molecule is CCOc1cc(-c2nnn(CC(=O)Nc3ccccc3C)n2)ccc1OC. The summed E-state index contributed by atoms with van der Waals surface area (Å²) >= 11 is 0. The van der Waals surface area contributed by atoms with Crippen LogP contribution in [0.5, 0.6) is 11.5 Å². The fourth-order valence-electron chi connectivity index (χ4n) is 2.54. The summed E-state index contributed by atoms with van der Waals surface area (Å²) in [5.41, 5.74) is 2.48. The zero-order chi connectivity index (χ0) is 19.2. The predicted molar refractivity (Wildman–Crippen MR) is 101 cm³/mol. The Morgan fingerprint density at radius 3 is 2.74 bits per heavy atom. The molecule has 1 N–H and O–H groups in total. The third-order valence-electron chi connectivity index (χ3n) is 3.88. The van der Waals surface area contributed by atoms with Gasteiger partial charge in [0.1, 0.15) is 6.54 Å². The molecule has 0 saturated heterocycles. The van der Waals surface area contributed by atoms with Crippen LogP contribution in [0, 0.1) is 6.92 Å². The maximum absolute atomic E-state index is 12.2. The number of methoxy groups -OCH3 is 1. The molecule has 3 rings (SSSR count). The van der Waals surface area contributed by atoms with Crippen LogP contribution in [0.4, 0.5) is 5.69 Å². The van der Waals surface area contributed by atoms with Gasteiger partial charge in [-0.2, -0.15) is 4.80 Å². The van der Waals surface area contributed by atoms with Gasteiger partial charge in [-0.15, -0.1) is 10.2 Å². The number of nitrogens with one attached hydrogen (secondary N) is 1. The van der Waals surface area contributed by atoms with E-state index in [0.29, 0.717) is 23.9 Å². The summed E-state index contributed by atoms with van der Waals surface area (Å²) in [7, 11) is 1.58. The van der Waals surface area contributed by atoms with E-state index in [1.807, 2.05) is 44.2 Å². The number of carbonyl (C=O) groups is 1. The molecule has 0 unspecified atom stereocenters. The Balaban J connectivity index is 1.72. The number of hydrogen-bond acceptors (Lipinski definition) is 6. The molecule has 1 aromatic heterocycles. The van der Waals surface area contributed by atoms with Crippen LogP contribution in [0.3, 0.4) is 0 Å². The number of anilines is 1. The summed E-state index contributed by atoms with van der Waals surface area (Å²) < 4.78 is 10.8. The third-order valence-corrected chi connectivity index (χ3v) is 3.88. The smallest absolute Gasteiger partial charge is 0.248 e. The van der Waals surface area contributed by atoms with Crippen LogP contribution in [-0.4, -0.2) is 39.8 Å². The summed E-state index contributed by atoms with van der Waals surface area (Å²) in [5.74, 6) is 1.41. The van der Waals surface area contributed by atoms with Gasteiger partial charge in [-0.1, -0.05) is 18.2 Å². The highest BCUT2D eigenvalue weighted by atomic mass is 16.5. The Morgan fingerprint density at radius 2 is 2.00 bits per heavy atom.